The highest BCUT2D eigenvalue weighted by Gasteiger charge is 2.19. The summed E-state index contributed by atoms with van der Waals surface area (Å²) in [6, 6.07) is 11.1. The molecule has 0 amide bonds. The first-order valence-electron chi connectivity index (χ1n) is 5.98. The Morgan fingerprint density at radius 3 is 2.62 bits per heavy atom. The SMILES string of the molecule is O=C(O)c1cc(NCc2ccccc2Cl)ccc1[N+](=O)[O-]. The topological polar surface area (TPSA) is 92.5 Å². The van der Waals surface area contributed by atoms with E-state index in [1.54, 1.807) is 12.1 Å². The van der Waals surface area contributed by atoms with Crippen molar-refractivity contribution in [2.75, 3.05) is 5.32 Å². The molecular formula is C14H11ClN2O4. The first-order valence-corrected chi connectivity index (χ1v) is 6.36. The van der Waals surface area contributed by atoms with Crippen LogP contribution in [0.15, 0.2) is 42.5 Å². The number of carbonyl (C=O) groups is 1. The number of aromatic carboxylic acids is 1. The lowest BCUT2D eigenvalue weighted by molar-refractivity contribution is -0.385. The van der Waals surface area contributed by atoms with Gasteiger partial charge in [0.1, 0.15) is 5.56 Å². The first kappa shape index (κ1) is 14.8. The molecule has 0 saturated carbocycles. The average Bonchev–Trinajstić information content (AvgIpc) is 2.46. The molecule has 108 valence electrons. The van der Waals surface area contributed by atoms with Crippen LogP contribution < -0.4 is 5.32 Å². The number of carboxylic acid groups (broad SMARTS) is 1. The Hall–Kier alpha value is -2.60. The lowest BCUT2D eigenvalue weighted by atomic mass is 10.1. The normalized spacial score (nSPS) is 10.1. The maximum Gasteiger partial charge on any atom is 0.342 e. The molecule has 2 rings (SSSR count). The van der Waals surface area contributed by atoms with E-state index < -0.39 is 16.6 Å². The molecular weight excluding hydrogens is 296 g/mol. The van der Waals surface area contributed by atoms with Crippen LogP contribution in [0.5, 0.6) is 0 Å². The van der Waals surface area contributed by atoms with E-state index in [0.717, 1.165) is 5.56 Å². The van der Waals surface area contributed by atoms with E-state index in [1.165, 1.54) is 18.2 Å². The van der Waals surface area contributed by atoms with Crippen LogP contribution in [0.4, 0.5) is 11.4 Å². The second kappa shape index (κ2) is 6.23. The summed E-state index contributed by atoms with van der Waals surface area (Å²) in [6.45, 7) is 0.385. The molecule has 7 heteroatoms. The average molecular weight is 307 g/mol. The van der Waals surface area contributed by atoms with E-state index in [4.69, 9.17) is 16.7 Å². The van der Waals surface area contributed by atoms with Crippen LogP contribution in [0.1, 0.15) is 15.9 Å². The summed E-state index contributed by atoms with van der Waals surface area (Å²) in [6.07, 6.45) is 0. The standard InChI is InChI=1S/C14H11ClN2O4/c15-12-4-2-1-3-9(12)8-16-10-5-6-13(17(20)21)11(7-10)14(18)19/h1-7,16H,8H2,(H,18,19). The zero-order chi connectivity index (χ0) is 15.4. The summed E-state index contributed by atoms with van der Waals surface area (Å²) in [5.74, 6) is -1.34. The fourth-order valence-electron chi connectivity index (χ4n) is 1.82. The molecule has 0 aromatic heterocycles. The van der Waals surface area contributed by atoms with Crippen molar-refractivity contribution in [3.63, 3.8) is 0 Å². The molecule has 0 aliphatic heterocycles. The number of nitrogens with zero attached hydrogens (tertiary/aromatic N) is 1. The molecule has 6 nitrogen and oxygen atoms in total. The van der Waals surface area contributed by atoms with E-state index in [9.17, 15) is 14.9 Å². The van der Waals surface area contributed by atoms with Gasteiger partial charge >= 0.3 is 5.97 Å². The number of benzene rings is 2. The quantitative estimate of drug-likeness (QED) is 0.651. The lowest BCUT2D eigenvalue weighted by Gasteiger charge is -2.09. The Morgan fingerprint density at radius 1 is 1.29 bits per heavy atom. The molecule has 0 bridgehead atoms. The highest BCUT2D eigenvalue weighted by atomic mass is 35.5. The maximum absolute atomic E-state index is 11.1. The minimum Gasteiger partial charge on any atom is -0.477 e. The van der Waals surface area contributed by atoms with E-state index >= 15 is 0 Å². The van der Waals surface area contributed by atoms with Crippen molar-refractivity contribution in [2.24, 2.45) is 0 Å². The molecule has 0 spiro atoms. The Balaban J connectivity index is 2.22. The molecule has 0 unspecified atom stereocenters. The molecule has 0 aliphatic carbocycles. The van der Waals surface area contributed by atoms with Gasteiger partial charge in [0.05, 0.1) is 4.92 Å². The van der Waals surface area contributed by atoms with Crippen molar-refractivity contribution in [1.82, 2.24) is 0 Å². The highest BCUT2D eigenvalue weighted by Crippen LogP contribution is 2.24. The van der Waals surface area contributed by atoms with Crippen LogP contribution in [0.25, 0.3) is 0 Å². The van der Waals surface area contributed by atoms with Gasteiger partial charge in [-0.3, -0.25) is 10.1 Å². The van der Waals surface area contributed by atoms with Gasteiger partial charge in [0.15, 0.2) is 0 Å². The zero-order valence-electron chi connectivity index (χ0n) is 10.7. The minimum atomic E-state index is -1.34. The van der Waals surface area contributed by atoms with Gasteiger partial charge in [0.25, 0.3) is 5.69 Å². The summed E-state index contributed by atoms with van der Waals surface area (Å²) in [5.41, 5.74) is 0.516. The van der Waals surface area contributed by atoms with Crippen LogP contribution in [-0.2, 0) is 6.54 Å². The second-order valence-electron chi connectivity index (χ2n) is 4.24. The smallest absolute Gasteiger partial charge is 0.342 e. The number of nitro benzene ring substituents is 1. The Morgan fingerprint density at radius 2 is 2.00 bits per heavy atom. The molecule has 2 N–H and O–H groups in total. The van der Waals surface area contributed by atoms with Gasteiger partial charge < -0.3 is 10.4 Å². The third-order valence-electron chi connectivity index (χ3n) is 2.86. The molecule has 0 atom stereocenters. The Bertz CT molecular complexity index is 703. The van der Waals surface area contributed by atoms with Gasteiger partial charge in [-0.05, 0) is 23.8 Å². The van der Waals surface area contributed by atoms with Crippen LogP contribution in [0, 0.1) is 10.1 Å². The Labute approximate surface area is 125 Å². The number of rotatable bonds is 5. The third-order valence-corrected chi connectivity index (χ3v) is 3.23. The fraction of sp³-hybridized carbons (Fsp3) is 0.0714. The fourth-order valence-corrected chi connectivity index (χ4v) is 2.02. The predicted molar refractivity (Wildman–Crippen MR) is 78.8 cm³/mol. The highest BCUT2D eigenvalue weighted by molar-refractivity contribution is 6.31. The van der Waals surface area contributed by atoms with Crippen LogP contribution >= 0.6 is 11.6 Å². The van der Waals surface area contributed by atoms with Crippen LogP contribution in [0.3, 0.4) is 0 Å². The van der Waals surface area contributed by atoms with Crippen molar-refractivity contribution >= 4 is 28.9 Å². The van der Waals surface area contributed by atoms with Gasteiger partial charge in [-0.1, -0.05) is 29.8 Å². The molecule has 0 saturated heterocycles. The van der Waals surface area contributed by atoms with Gasteiger partial charge in [-0.25, -0.2) is 4.79 Å². The molecule has 0 radical (unpaired) electrons. The van der Waals surface area contributed by atoms with Crippen molar-refractivity contribution in [2.45, 2.75) is 6.54 Å². The summed E-state index contributed by atoms with van der Waals surface area (Å²) in [5, 5.41) is 23.4. The Kier molecular flexibility index (Phi) is 4.39. The van der Waals surface area contributed by atoms with Gasteiger partial charge in [-0.2, -0.15) is 0 Å². The molecule has 0 aliphatic rings. The molecule has 0 heterocycles. The van der Waals surface area contributed by atoms with Crippen LogP contribution in [0.2, 0.25) is 5.02 Å². The van der Waals surface area contributed by atoms with Crippen molar-refractivity contribution in [1.29, 1.82) is 0 Å². The number of anilines is 1. The minimum absolute atomic E-state index is 0.357. The number of hydrogen-bond acceptors (Lipinski definition) is 4. The number of carboxylic acids is 1. The number of nitro groups is 1. The molecule has 2 aromatic rings. The van der Waals surface area contributed by atoms with Gasteiger partial charge in [0.2, 0.25) is 0 Å². The summed E-state index contributed by atoms with van der Waals surface area (Å²) in [4.78, 5) is 21.1. The van der Waals surface area contributed by atoms with Crippen molar-refractivity contribution in [3.8, 4) is 0 Å². The van der Waals surface area contributed by atoms with E-state index in [1.807, 2.05) is 12.1 Å². The molecule has 2 aromatic carbocycles. The predicted octanol–water partition coefficient (Wildman–Crippen LogP) is 3.56. The number of nitrogens with one attached hydrogen (secondary N) is 1. The first-order chi connectivity index (χ1) is 9.99. The van der Waals surface area contributed by atoms with E-state index in [0.29, 0.717) is 17.3 Å². The van der Waals surface area contributed by atoms with Crippen molar-refractivity contribution < 1.29 is 14.8 Å². The molecule has 0 fully saturated rings. The van der Waals surface area contributed by atoms with Crippen LogP contribution in [-0.4, -0.2) is 16.0 Å². The summed E-state index contributed by atoms with van der Waals surface area (Å²) < 4.78 is 0. The zero-order valence-corrected chi connectivity index (χ0v) is 11.5. The number of halogens is 1. The molecule has 21 heavy (non-hydrogen) atoms. The summed E-state index contributed by atoms with van der Waals surface area (Å²) >= 11 is 6.02. The number of hydrogen-bond donors (Lipinski definition) is 2. The summed E-state index contributed by atoms with van der Waals surface area (Å²) in [7, 11) is 0. The van der Waals surface area contributed by atoms with E-state index in [2.05, 4.69) is 5.32 Å². The maximum atomic E-state index is 11.1. The van der Waals surface area contributed by atoms with Crippen molar-refractivity contribution in [3.05, 3.63) is 68.7 Å². The lowest BCUT2D eigenvalue weighted by Crippen LogP contribution is -2.05. The largest absolute Gasteiger partial charge is 0.477 e. The van der Waals surface area contributed by atoms with Gasteiger partial charge in [0, 0.05) is 23.3 Å². The van der Waals surface area contributed by atoms with Gasteiger partial charge in [-0.15, -0.1) is 0 Å². The second-order valence-corrected chi connectivity index (χ2v) is 4.65. The monoisotopic (exact) mass is 306 g/mol. The van der Waals surface area contributed by atoms with E-state index in [-0.39, 0.29) is 5.56 Å². The third kappa shape index (κ3) is 3.49.